The van der Waals surface area contributed by atoms with Crippen molar-refractivity contribution in [3.05, 3.63) is 94.5 Å². The zero-order chi connectivity index (χ0) is 20.2. The summed E-state index contributed by atoms with van der Waals surface area (Å²) in [5, 5.41) is 14.6. The molecule has 2 atom stereocenters. The minimum absolute atomic E-state index is 0.0593. The van der Waals surface area contributed by atoms with E-state index in [0.717, 1.165) is 28.2 Å². The van der Waals surface area contributed by atoms with E-state index in [2.05, 4.69) is 5.32 Å². The zero-order valence-corrected chi connectivity index (χ0v) is 16.9. The van der Waals surface area contributed by atoms with Crippen LogP contribution in [0.3, 0.4) is 0 Å². The van der Waals surface area contributed by atoms with Gasteiger partial charge in [0.25, 0.3) is 0 Å². The van der Waals surface area contributed by atoms with Gasteiger partial charge >= 0.3 is 0 Å². The molecular weight excluding hydrogens is 384 g/mol. The summed E-state index contributed by atoms with van der Waals surface area (Å²) in [5.74, 6) is 1.13. The number of ether oxygens (including phenoxy) is 1. The van der Waals surface area contributed by atoms with Crippen LogP contribution >= 0.6 is 11.6 Å². The molecule has 3 aromatic carbocycles. The molecule has 4 nitrogen and oxygen atoms in total. The second-order valence-electron chi connectivity index (χ2n) is 6.97. The van der Waals surface area contributed by atoms with Gasteiger partial charge in [-0.2, -0.15) is 0 Å². The van der Waals surface area contributed by atoms with Crippen molar-refractivity contribution in [2.75, 3.05) is 6.61 Å². The van der Waals surface area contributed by atoms with E-state index in [1.165, 1.54) is 0 Å². The molecule has 0 fully saturated rings. The van der Waals surface area contributed by atoms with Crippen molar-refractivity contribution in [1.82, 2.24) is 5.32 Å². The standard InChI is InChI=1S/C24H23ClN2O2/c1-2-29-19-13-9-16(10-14-19)21-15-22(20-5-3-4-6-23(20)28)27-24(26-21)17-7-11-18(25)12-8-17/h3-14,22,24,27-28H,2,15H2,1H3/t22-,24-/m1/s1. The molecule has 0 bridgehead atoms. The SMILES string of the molecule is CCOc1ccc(C2=N[C@@H](c3ccc(Cl)cc3)N[C@@H](c3ccccc3O)C2)cc1. The van der Waals surface area contributed by atoms with Gasteiger partial charge in [-0.25, -0.2) is 0 Å². The summed E-state index contributed by atoms with van der Waals surface area (Å²) < 4.78 is 5.56. The third-order valence-corrected chi connectivity index (χ3v) is 5.29. The summed E-state index contributed by atoms with van der Waals surface area (Å²) in [6.07, 6.45) is 0.447. The highest BCUT2D eigenvalue weighted by Gasteiger charge is 2.27. The van der Waals surface area contributed by atoms with E-state index in [-0.39, 0.29) is 18.0 Å². The van der Waals surface area contributed by atoms with Crippen molar-refractivity contribution in [2.45, 2.75) is 25.6 Å². The van der Waals surface area contributed by atoms with E-state index in [0.29, 0.717) is 18.1 Å². The van der Waals surface area contributed by atoms with E-state index in [4.69, 9.17) is 21.3 Å². The van der Waals surface area contributed by atoms with Crippen LogP contribution in [0.5, 0.6) is 11.5 Å². The molecule has 3 aromatic rings. The van der Waals surface area contributed by atoms with Crippen LogP contribution in [0.25, 0.3) is 0 Å². The van der Waals surface area contributed by atoms with Crippen LogP contribution in [0, 0.1) is 0 Å². The fourth-order valence-corrected chi connectivity index (χ4v) is 3.72. The Hall–Kier alpha value is -2.82. The zero-order valence-electron chi connectivity index (χ0n) is 16.2. The van der Waals surface area contributed by atoms with Crippen LogP contribution < -0.4 is 10.1 Å². The lowest BCUT2D eigenvalue weighted by Gasteiger charge is -2.31. The number of phenols is 1. The normalized spacial score (nSPS) is 18.9. The molecule has 0 aliphatic carbocycles. The minimum Gasteiger partial charge on any atom is -0.508 e. The number of rotatable bonds is 5. The fraction of sp³-hybridized carbons (Fsp3) is 0.208. The first-order valence-corrected chi connectivity index (χ1v) is 10.1. The van der Waals surface area contributed by atoms with Gasteiger partial charge in [0, 0.05) is 28.8 Å². The molecule has 2 N–H and O–H groups in total. The molecule has 0 saturated carbocycles. The van der Waals surface area contributed by atoms with E-state index in [9.17, 15) is 5.11 Å². The molecule has 0 saturated heterocycles. The van der Waals surface area contributed by atoms with E-state index in [1.54, 1.807) is 6.07 Å². The van der Waals surface area contributed by atoms with Gasteiger partial charge in [0.2, 0.25) is 0 Å². The van der Waals surface area contributed by atoms with Gasteiger partial charge in [0.1, 0.15) is 17.7 Å². The molecule has 0 aromatic heterocycles. The maximum absolute atomic E-state index is 10.4. The summed E-state index contributed by atoms with van der Waals surface area (Å²) >= 11 is 6.06. The number of halogens is 1. The van der Waals surface area contributed by atoms with Gasteiger partial charge in [-0.3, -0.25) is 10.3 Å². The number of para-hydroxylation sites is 1. The Balaban J connectivity index is 1.71. The molecule has 0 radical (unpaired) electrons. The predicted molar refractivity (Wildman–Crippen MR) is 117 cm³/mol. The van der Waals surface area contributed by atoms with Gasteiger partial charge in [-0.05, 0) is 60.5 Å². The molecule has 4 rings (SSSR count). The van der Waals surface area contributed by atoms with Gasteiger partial charge < -0.3 is 9.84 Å². The van der Waals surface area contributed by atoms with Crippen molar-refractivity contribution in [3.8, 4) is 11.5 Å². The van der Waals surface area contributed by atoms with Crippen molar-refractivity contribution in [1.29, 1.82) is 0 Å². The first-order valence-electron chi connectivity index (χ1n) is 9.73. The van der Waals surface area contributed by atoms with Gasteiger partial charge in [-0.1, -0.05) is 41.9 Å². The molecule has 0 amide bonds. The number of nitrogens with one attached hydrogen (secondary N) is 1. The molecule has 5 heteroatoms. The molecule has 1 aliphatic rings. The first kappa shape index (κ1) is 19.5. The van der Waals surface area contributed by atoms with Crippen molar-refractivity contribution >= 4 is 17.3 Å². The summed E-state index contributed by atoms with van der Waals surface area (Å²) in [6.45, 7) is 2.61. The number of aromatic hydroxyl groups is 1. The number of hydrogen-bond acceptors (Lipinski definition) is 4. The smallest absolute Gasteiger partial charge is 0.126 e. The average Bonchev–Trinajstić information content (AvgIpc) is 2.75. The summed E-state index contributed by atoms with van der Waals surface area (Å²) in [7, 11) is 0. The molecular formula is C24H23ClN2O2. The molecule has 148 valence electrons. The second-order valence-corrected chi connectivity index (χ2v) is 7.41. The van der Waals surface area contributed by atoms with E-state index < -0.39 is 0 Å². The monoisotopic (exact) mass is 406 g/mol. The predicted octanol–water partition coefficient (Wildman–Crippen LogP) is 5.67. The van der Waals surface area contributed by atoms with Crippen molar-refractivity contribution in [3.63, 3.8) is 0 Å². The number of nitrogens with zero attached hydrogens (tertiary/aromatic N) is 1. The Labute approximate surface area is 175 Å². The minimum atomic E-state index is -0.229. The van der Waals surface area contributed by atoms with Gasteiger partial charge in [-0.15, -0.1) is 0 Å². The van der Waals surface area contributed by atoms with Crippen LogP contribution in [0.4, 0.5) is 0 Å². The van der Waals surface area contributed by atoms with Gasteiger partial charge in [0.15, 0.2) is 0 Å². The Kier molecular flexibility index (Phi) is 5.84. The Morgan fingerprint density at radius 1 is 1.03 bits per heavy atom. The number of phenolic OH excluding ortho intramolecular Hbond substituents is 1. The molecule has 0 unspecified atom stereocenters. The lowest BCUT2D eigenvalue weighted by Crippen LogP contribution is -2.33. The highest BCUT2D eigenvalue weighted by molar-refractivity contribution is 6.30. The molecule has 0 spiro atoms. The Morgan fingerprint density at radius 3 is 2.45 bits per heavy atom. The first-order chi connectivity index (χ1) is 14.1. The quantitative estimate of drug-likeness (QED) is 0.574. The second kappa shape index (κ2) is 8.68. The van der Waals surface area contributed by atoms with E-state index in [1.807, 2.05) is 73.7 Å². The summed E-state index contributed by atoms with van der Waals surface area (Å²) in [4.78, 5) is 4.97. The van der Waals surface area contributed by atoms with Crippen LogP contribution in [-0.2, 0) is 0 Å². The van der Waals surface area contributed by atoms with Crippen LogP contribution in [-0.4, -0.2) is 17.4 Å². The third kappa shape index (κ3) is 4.44. The number of hydrogen-bond donors (Lipinski definition) is 2. The maximum Gasteiger partial charge on any atom is 0.126 e. The third-order valence-electron chi connectivity index (χ3n) is 5.04. The summed E-state index contributed by atoms with van der Waals surface area (Å²) in [6, 6.07) is 23.1. The topological polar surface area (TPSA) is 53.8 Å². The van der Waals surface area contributed by atoms with E-state index >= 15 is 0 Å². The maximum atomic E-state index is 10.4. The lowest BCUT2D eigenvalue weighted by atomic mass is 9.93. The number of aliphatic imine (C=N–C) groups is 1. The fourth-order valence-electron chi connectivity index (χ4n) is 3.59. The van der Waals surface area contributed by atoms with Crippen molar-refractivity contribution in [2.24, 2.45) is 4.99 Å². The van der Waals surface area contributed by atoms with Crippen LogP contribution in [0.15, 0.2) is 77.8 Å². The lowest BCUT2D eigenvalue weighted by molar-refractivity contribution is 0.340. The Morgan fingerprint density at radius 2 is 1.76 bits per heavy atom. The van der Waals surface area contributed by atoms with Crippen LogP contribution in [0.2, 0.25) is 5.02 Å². The highest BCUT2D eigenvalue weighted by atomic mass is 35.5. The molecule has 1 heterocycles. The van der Waals surface area contributed by atoms with Gasteiger partial charge in [0.05, 0.1) is 6.61 Å². The van der Waals surface area contributed by atoms with Crippen LogP contribution in [0.1, 0.15) is 42.2 Å². The Bertz CT molecular complexity index is 1000. The number of benzene rings is 3. The molecule has 29 heavy (non-hydrogen) atoms. The summed E-state index contributed by atoms with van der Waals surface area (Å²) in [5.41, 5.74) is 3.93. The van der Waals surface area contributed by atoms with Crippen molar-refractivity contribution < 1.29 is 9.84 Å². The largest absolute Gasteiger partial charge is 0.508 e. The molecule has 1 aliphatic heterocycles. The highest BCUT2D eigenvalue weighted by Crippen LogP contribution is 2.34. The average molecular weight is 407 g/mol.